The van der Waals surface area contributed by atoms with Crippen LogP contribution in [0.1, 0.15) is 27.2 Å². The normalized spacial score (nSPS) is 14.4. The maximum Gasteiger partial charge on any atom is 0.214 e. The molecule has 1 aromatic heterocycles. The number of nitrogens with one attached hydrogen (secondary N) is 1. The van der Waals surface area contributed by atoms with Crippen LogP contribution in [-0.4, -0.2) is 18.1 Å². The molecule has 0 spiro atoms. The van der Waals surface area contributed by atoms with Gasteiger partial charge >= 0.3 is 0 Å². The molecule has 0 bridgehead atoms. The Bertz CT molecular complexity index is 301. The second kappa shape index (κ2) is 5.59. The van der Waals surface area contributed by atoms with Gasteiger partial charge in [0.2, 0.25) is 5.88 Å². The average molecular weight is 208 g/mol. The first-order chi connectivity index (χ1) is 7.17. The summed E-state index contributed by atoms with van der Waals surface area (Å²) in [5.41, 5.74) is 1.06. The molecule has 1 rings (SSSR count). The summed E-state index contributed by atoms with van der Waals surface area (Å²) in [5.74, 6) is 1.31. The summed E-state index contributed by atoms with van der Waals surface area (Å²) >= 11 is 0. The highest BCUT2D eigenvalue weighted by Crippen LogP contribution is 2.17. The molecular formula is C12H20N2O. The molecule has 2 atom stereocenters. The van der Waals surface area contributed by atoms with Crippen LogP contribution in [0.4, 0.5) is 5.69 Å². The third kappa shape index (κ3) is 3.42. The summed E-state index contributed by atoms with van der Waals surface area (Å²) in [4.78, 5) is 4.07. The number of anilines is 1. The third-order valence-electron chi connectivity index (χ3n) is 2.84. The molecule has 2 unspecified atom stereocenters. The second-order valence-electron chi connectivity index (χ2n) is 3.91. The predicted molar refractivity (Wildman–Crippen MR) is 63.3 cm³/mol. The molecule has 0 saturated carbocycles. The van der Waals surface area contributed by atoms with Crippen molar-refractivity contribution in [3.63, 3.8) is 0 Å². The van der Waals surface area contributed by atoms with Crippen molar-refractivity contribution in [1.82, 2.24) is 4.98 Å². The molecule has 0 aliphatic carbocycles. The Morgan fingerprint density at radius 2 is 2.20 bits per heavy atom. The van der Waals surface area contributed by atoms with Crippen LogP contribution in [0.15, 0.2) is 18.3 Å². The van der Waals surface area contributed by atoms with Crippen LogP contribution in [0, 0.1) is 5.92 Å². The third-order valence-corrected chi connectivity index (χ3v) is 2.84. The summed E-state index contributed by atoms with van der Waals surface area (Å²) in [7, 11) is 1.63. The van der Waals surface area contributed by atoms with Gasteiger partial charge in [-0.3, -0.25) is 0 Å². The lowest BCUT2D eigenvalue weighted by Gasteiger charge is -2.21. The standard InChI is InChI=1S/C12H20N2O/c1-5-9(2)10(3)14-11-6-7-13-12(8-11)15-4/h6-10H,5H2,1-4H3,(H,13,14). The summed E-state index contributed by atoms with van der Waals surface area (Å²) < 4.78 is 5.07. The molecule has 0 amide bonds. The second-order valence-corrected chi connectivity index (χ2v) is 3.91. The van der Waals surface area contributed by atoms with Gasteiger partial charge < -0.3 is 10.1 Å². The van der Waals surface area contributed by atoms with Crippen molar-refractivity contribution in [2.24, 2.45) is 5.92 Å². The fraction of sp³-hybridized carbons (Fsp3) is 0.583. The highest BCUT2D eigenvalue weighted by molar-refractivity contribution is 5.45. The molecule has 84 valence electrons. The van der Waals surface area contributed by atoms with Crippen molar-refractivity contribution >= 4 is 5.69 Å². The first-order valence-corrected chi connectivity index (χ1v) is 5.44. The van der Waals surface area contributed by atoms with E-state index < -0.39 is 0 Å². The quantitative estimate of drug-likeness (QED) is 0.807. The van der Waals surface area contributed by atoms with Crippen LogP contribution in [0.25, 0.3) is 0 Å². The van der Waals surface area contributed by atoms with E-state index in [4.69, 9.17) is 4.74 Å². The Kier molecular flexibility index (Phi) is 4.40. The maximum absolute atomic E-state index is 5.07. The number of hydrogen-bond acceptors (Lipinski definition) is 3. The van der Waals surface area contributed by atoms with Gasteiger partial charge in [0.1, 0.15) is 0 Å². The van der Waals surface area contributed by atoms with Crippen LogP contribution < -0.4 is 10.1 Å². The molecule has 3 heteroatoms. The van der Waals surface area contributed by atoms with E-state index in [-0.39, 0.29) is 0 Å². The van der Waals surface area contributed by atoms with Crippen molar-refractivity contribution < 1.29 is 4.74 Å². The van der Waals surface area contributed by atoms with Crippen LogP contribution in [0.3, 0.4) is 0 Å². The van der Waals surface area contributed by atoms with Crippen molar-refractivity contribution in [2.75, 3.05) is 12.4 Å². The van der Waals surface area contributed by atoms with Gasteiger partial charge in [-0.05, 0) is 18.9 Å². The Labute approximate surface area is 91.9 Å². The largest absolute Gasteiger partial charge is 0.481 e. The monoisotopic (exact) mass is 208 g/mol. The highest BCUT2D eigenvalue weighted by atomic mass is 16.5. The zero-order chi connectivity index (χ0) is 11.3. The van der Waals surface area contributed by atoms with Gasteiger partial charge in [0, 0.05) is 24.0 Å². The first kappa shape index (κ1) is 11.8. The van der Waals surface area contributed by atoms with Gasteiger partial charge in [-0.15, -0.1) is 0 Å². The fourth-order valence-electron chi connectivity index (χ4n) is 1.37. The van der Waals surface area contributed by atoms with Crippen molar-refractivity contribution in [3.8, 4) is 5.88 Å². The SMILES string of the molecule is CCC(C)C(C)Nc1ccnc(OC)c1. The lowest BCUT2D eigenvalue weighted by molar-refractivity contribution is 0.398. The Hall–Kier alpha value is -1.25. The Morgan fingerprint density at radius 1 is 1.47 bits per heavy atom. The summed E-state index contributed by atoms with van der Waals surface area (Å²) in [6.07, 6.45) is 2.93. The number of rotatable bonds is 5. The molecule has 0 aromatic carbocycles. The number of hydrogen-bond donors (Lipinski definition) is 1. The van der Waals surface area contributed by atoms with E-state index in [1.54, 1.807) is 13.3 Å². The van der Waals surface area contributed by atoms with E-state index in [2.05, 4.69) is 31.1 Å². The van der Waals surface area contributed by atoms with Gasteiger partial charge in [-0.25, -0.2) is 4.98 Å². The summed E-state index contributed by atoms with van der Waals surface area (Å²) in [6, 6.07) is 4.34. The van der Waals surface area contributed by atoms with E-state index >= 15 is 0 Å². The number of methoxy groups -OCH3 is 1. The number of aromatic nitrogens is 1. The van der Waals surface area contributed by atoms with Gasteiger partial charge in [0.15, 0.2) is 0 Å². The van der Waals surface area contributed by atoms with Crippen LogP contribution in [-0.2, 0) is 0 Å². The minimum Gasteiger partial charge on any atom is -0.481 e. The van der Waals surface area contributed by atoms with Crippen LogP contribution in [0.5, 0.6) is 5.88 Å². The lowest BCUT2D eigenvalue weighted by Crippen LogP contribution is -2.23. The average Bonchev–Trinajstić information content (AvgIpc) is 2.28. The predicted octanol–water partition coefficient (Wildman–Crippen LogP) is 2.94. The number of ether oxygens (including phenoxy) is 1. The molecule has 0 aliphatic heterocycles. The van der Waals surface area contributed by atoms with Crippen molar-refractivity contribution in [3.05, 3.63) is 18.3 Å². The molecule has 0 fully saturated rings. The minimum atomic E-state index is 0.460. The molecule has 15 heavy (non-hydrogen) atoms. The molecular weight excluding hydrogens is 188 g/mol. The number of nitrogens with zero attached hydrogens (tertiary/aromatic N) is 1. The highest BCUT2D eigenvalue weighted by Gasteiger charge is 2.09. The van der Waals surface area contributed by atoms with E-state index in [0.29, 0.717) is 17.8 Å². The van der Waals surface area contributed by atoms with Crippen LogP contribution in [0.2, 0.25) is 0 Å². The minimum absolute atomic E-state index is 0.460. The van der Waals surface area contributed by atoms with Crippen molar-refractivity contribution in [2.45, 2.75) is 33.2 Å². The molecule has 0 radical (unpaired) electrons. The van der Waals surface area contributed by atoms with E-state index in [1.165, 1.54) is 6.42 Å². The first-order valence-electron chi connectivity index (χ1n) is 5.44. The fourth-order valence-corrected chi connectivity index (χ4v) is 1.37. The molecule has 0 saturated heterocycles. The van der Waals surface area contributed by atoms with Crippen molar-refractivity contribution in [1.29, 1.82) is 0 Å². The zero-order valence-electron chi connectivity index (χ0n) is 9.95. The molecule has 1 aromatic rings. The van der Waals surface area contributed by atoms with E-state index in [9.17, 15) is 0 Å². The molecule has 3 nitrogen and oxygen atoms in total. The molecule has 1 N–H and O–H groups in total. The number of pyridine rings is 1. The molecule has 0 aliphatic rings. The zero-order valence-corrected chi connectivity index (χ0v) is 9.95. The van der Waals surface area contributed by atoms with Gasteiger partial charge in [0.25, 0.3) is 0 Å². The molecule has 1 heterocycles. The maximum atomic E-state index is 5.07. The van der Waals surface area contributed by atoms with E-state index in [0.717, 1.165) is 5.69 Å². The van der Waals surface area contributed by atoms with E-state index in [1.807, 2.05) is 12.1 Å². The Balaban J connectivity index is 2.63. The lowest BCUT2D eigenvalue weighted by atomic mass is 10.0. The summed E-state index contributed by atoms with van der Waals surface area (Å²) in [5, 5.41) is 3.45. The Morgan fingerprint density at radius 3 is 2.80 bits per heavy atom. The van der Waals surface area contributed by atoms with Gasteiger partial charge in [0.05, 0.1) is 7.11 Å². The summed E-state index contributed by atoms with van der Waals surface area (Å²) in [6.45, 7) is 6.65. The van der Waals surface area contributed by atoms with Gasteiger partial charge in [-0.2, -0.15) is 0 Å². The van der Waals surface area contributed by atoms with Gasteiger partial charge in [-0.1, -0.05) is 20.3 Å². The smallest absolute Gasteiger partial charge is 0.214 e. The van der Waals surface area contributed by atoms with Crippen LogP contribution >= 0.6 is 0 Å². The topological polar surface area (TPSA) is 34.2 Å².